The van der Waals surface area contributed by atoms with Gasteiger partial charge < -0.3 is 18.9 Å². The molecule has 0 saturated carbocycles. The number of aromatic nitrogens is 2. The first kappa shape index (κ1) is 27.1. The highest BCUT2D eigenvalue weighted by Gasteiger charge is 2.19. The number of esters is 1. The van der Waals surface area contributed by atoms with Crippen LogP contribution in [-0.2, 0) is 0 Å². The number of methoxy groups -OCH3 is 3. The SMILES string of the molecule is COc1cc(-c2nc3ccccc3c(=O)n2N=Cc2ccccc2OC(=O)c2cccc(C)c2)cc(OC)c1OC. The van der Waals surface area contributed by atoms with Crippen molar-refractivity contribution in [1.82, 2.24) is 9.66 Å². The maximum absolute atomic E-state index is 13.7. The molecule has 5 aromatic rings. The van der Waals surface area contributed by atoms with Crippen LogP contribution in [0.5, 0.6) is 23.0 Å². The second-order valence-corrected chi connectivity index (χ2v) is 9.02. The number of benzene rings is 4. The molecule has 0 unspecified atom stereocenters. The summed E-state index contributed by atoms with van der Waals surface area (Å²) in [5.74, 6) is 1.23. The Morgan fingerprint density at radius 1 is 0.829 bits per heavy atom. The zero-order valence-corrected chi connectivity index (χ0v) is 23.0. The van der Waals surface area contributed by atoms with Crippen LogP contribution >= 0.6 is 0 Å². The molecule has 0 N–H and O–H groups in total. The second kappa shape index (κ2) is 11.7. The largest absolute Gasteiger partial charge is 0.493 e. The minimum absolute atomic E-state index is 0.249. The van der Waals surface area contributed by atoms with Gasteiger partial charge in [-0.15, -0.1) is 0 Å². The fourth-order valence-electron chi connectivity index (χ4n) is 4.36. The van der Waals surface area contributed by atoms with E-state index < -0.39 is 5.97 Å². The molecule has 0 aliphatic rings. The normalized spacial score (nSPS) is 11.0. The van der Waals surface area contributed by atoms with Gasteiger partial charge in [-0.2, -0.15) is 9.78 Å². The van der Waals surface area contributed by atoms with Crippen molar-refractivity contribution in [2.45, 2.75) is 6.92 Å². The van der Waals surface area contributed by atoms with Gasteiger partial charge in [0.25, 0.3) is 5.56 Å². The lowest BCUT2D eigenvalue weighted by Crippen LogP contribution is -2.20. The highest BCUT2D eigenvalue weighted by molar-refractivity contribution is 5.93. The molecule has 0 amide bonds. The Morgan fingerprint density at radius 2 is 1.54 bits per heavy atom. The van der Waals surface area contributed by atoms with Gasteiger partial charge in [-0.1, -0.05) is 42.0 Å². The molecule has 9 heteroatoms. The van der Waals surface area contributed by atoms with Gasteiger partial charge in [0.1, 0.15) is 5.75 Å². The van der Waals surface area contributed by atoms with Crippen molar-refractivity contribution < 1.29 is 23.7 Å². The predicted molar refractivity (Wildman–Crippen MR) is 157 cm³/mol. The molecule has 0 spiro atoms. The number of hydrogen-bond donors (Lipinski definition) is 0. The Labute approximate surface area is 236 Å². The van der Waals surface area contributed by atoms with Crippen LogP contribution in [0.15, 0.2) is 94.8 Å². The fraction of sp³-hybridized carbons (Fsp3) is 0.125. The molecule has 0 fully saturated rings. The third-order valence-corrected chi connectivity index (χ3v) is 6.36. The third kappa shape index (κ3) is 5.51. The molecule has 9 nitrogen and oxygen atoms in total. The van der Waals surface area contributed by atoms with Crippen LogP contribution in [0.4, 0.5) is 0 Å². The molecule has 0 aliphatic carbocycles. The van der Waals surface area contributed by atoms with Gasteiger partial charge in [0.2, 0.25) is 5.75 Å². The lowest BCUT2D eigenvalue weighted by molar-refractivity contribution is 0.0734. The van der Waals surface area contributed by atoms with E-state index in [1.165, 1.54) is 32.2 Å². The first-order valence-corrected chi connectivity index (χ1v) is 12.7. The molecule has 5 rings (SSSR count). The summed E-state index contributed by atoms with van der Waals surface area (Å²) < 4.78 is 23.4. The van der Waals surface area contributed by atoms with Crippen molar-refractivity contribution in [3.05, 3.63) is 112 Å². The van der Waals surface area contributed by atoms with Crippen molar-refractivity contribution in [2.24, 2.45) is 5.10 Å². The molecule has 0 aliphatic heterocycles. The molecule has 206 valence electrons. The summed E-state index contributed by atoms with van der Waals surface area (Å²) in [7, 11) is 4.53. The predicted octanol–water partition coefficient (Wildman–Crippen LogP) is 5.50. The summed E-state index contributed by atoms with van der Waals surface area (Å²) in [6.07, 6.45) is 1.46. The number of para-hydroxylation sites is 2. The summed E-state index contributed by atoms with van der Waals surface area (Å²) in [6, 6.07) is 24.5. The van der Waals surface area contributed by atoms with E-state index in [4.69, 9.17) is 23.9 Å². The van der Waals surface area contributed by atoms with Crippen LogP contribution in [0.3, 0.4) is 0 Å². The first-order valence-electron chi connectivity index (χ1n) is 12.7. The zero-order valence-electron chi connectivity index (χ0n) is 23.0. The summed E-state index contributed by atoms with van der Waals surface area (Å²) in [5.41, 5.74) is 2.49. The van der Waals surface area contributed by atoms with Crippen molar-refractivity contribution in [2.75, 3.05) is 21.3 Å². The van der Waals surface area contributed by atoms with Gasteiger partial charge in [0.15, 0.2) is 17.3 Å². The topological polar surface area (TPSA) is 101 Å². The number of aryl methyl sites for hydroxylation is 1. The van der Waals surface area contributed by atoms with Gasteiger partial charge in [0, 0.05) is 11.1 Å². The maximum atomic E-state index is 13.7. The van der Waals surface area contributed by atoms with E-state index in [1.54, 1.807) is 78.9 Å². The Bertz CT molecular complexity index is 1820. The van der Waals surface area contributed by atoms with Crippen molar-refractivity contribution in [1.29, 1.82) is 0 Å². The van der Waals surface area contributed by atoms with Crippen molar-refractivity contribution in [3.63, 3.8) is 0 Å². The van der Waals surface area contributed by atoms with E-state index in [1.807, 2.05) is 13.0 Å². The van der Waals surface area contributed by atoms with E-state index in [9.17, 15) is 9.59 Å². The van der Waals surface area contributed by atoms with Gasteiger partial charge in [-0.05, 0) is 55.5 Å². The standard InChI is InChI=1S/C32H27N3O6/c1-20-10-9-12-21(16-20)32(37)41-26-15-8-5-11-22(26)19-33-35-30(34-25-14-7-6-13-24(25)31(35)36)23-17-27(38-2)29(40-4)28(18-23)39-3/h5-19H,1-4H3. The third-order valence-electron chi connectivity index (χ3n) is 6.36. The van der Waals surface area contributed by atoms with Crippen LogP contribution in [0, 0.1) is 6.92 Å². The smallest absolute Gasteiger partial charge is 0.343 e. The van der Waals surface area contributed by atoms with Gasteiger partial charge in [-0.3, -0.25) is 4.79 Å². The Hall–Kier alpha value is -5.44. The Kier molecular flexibility index (Phi) is 7.78. The van der Waals surface area contributed by atoms with Gasteiger partial charge in [0.05, 0.1) is 44.0 Å². The second-order valence-electron chi connectivity index (χ2n) is 9.02. The molecule has 1 heterocycles. The lowest BCUT2D eigenvalue weighted by Gasteiger charge is -2.15. The number of carbonyl (C=O) groups excluding carboxylic acids is 1. The number of nitrogens with zero attached hydrogens (tertiary/aromatic N) is 3. The van der Waals surface area contributed by atoms with E-state index in [0.717, 1.165) is 5.56 Å². The first-order chi connectivity index (χ1) is 19.9. The minimum atomic E-state index is -0.503. The van der Waals surface area contributed by atoms with E-state index in [-0.39, 0.29) is 11.4 Å². The number of ether oxygens (including phenoxy) is 4. The highest BCUT2D eigenvalue weighted by atomic mass is 16.5. The monoisotopic (exact) mass is 549 g/mol. The summed E-state index contributed by atoms with van der Waals surface area (Å²) in [5, 5.41) is 4.91. The summed E-state index contributed by atoms with van der Waals surface area (Å²) in [4.78, 5) is 31.3. The quantitative estimate of drug-likeness (QED) is 0.143. The molecule has 0 atom stereocenters. The van der Waals surface area contributed by atoms with Crippen LogP contribution in [-0.4, -0.2) is 43.2 Å². The summed E-state index contributed by atoms with van der Waals surface area (Å²) in [6.45, 7) is 1.90. The molecule has 0 saturated heterocycles. The number of rotatable bonds is 8. The number of fused-ring (bicyclic) bond motifs is 1. The average molecular weight is 550 g/mol. The molecule has 4 aromatic carbocycles. The van der Waals surface area contributed by atoms with Crippen LogP contribution < -0.4 is 24.5 Å². The molecular weight excluding hydrogens is 522 g/mol. The van der Waals surface area contributed by atoms with Gasteiger partial charge >= 0.3 is 5.97 Å². The van der Waals surface area contributed by atoms with Crippen molar-refractivity contribution in [3.8, 4) is 34.4 Å². The lowest BCUT2D eigenvalue weighted by atomic mass is 10.1. The molecule has 1 aromatic heterocycles. The van der Waals surface area contributed by atoms with E-state index in [2.05, 4.69) is 5.10 Å². The molecule has 41 heavy (non-hydrogen) atoms. The fourth-order valence-corrected chi connectivity index (χ4v) is 4.36. The average Bonchev–Trinajstić information content (AvgIpc) is 3.00. The van der Waals surface area contributed by atoms with E-state index in [0.29, 0.717) is 50.6 Å². The Morgan fingerprint density at radius 3 is 2.24 bits per heavy atom. The van der Waals surface area contributed by atoms with Gasteiger partial charge in [-0.25, -0.2) is 9.78 Å². The maximum Gasteiger partial charge on any atom is 0.343 e. The van der Waals surface area contributed by atoms with Crippen LogP contribution in [0.2, 0.25) is 0 Å². The molecule has 0 bridgehead atoms. The van der Waals surface area contributed by atoms with E-state index >= 15 is 0 Å². The van der Waals surface area contributed by atoms with Crippen LogP contribution in [0.1, 0.15) is 21.5 Å². The number of hydrogen-bond acceptors (Lipinski definition) is 8. The summed E-state index contributed by atoms with van der Waals surface area (Å²) >= 11 is 0. The molecule has 0 radical (unpaired) electrons. The minimum Gasteiger partial charge on any atom is -0.493 e. The number of carbonyl (C=O) groups is 1. The molecular formula is C32H27N3O6. The van der Waals surface area contributed by atoms with Crippen LogP contribution in [0.25, 0.3) is 22.3 Å². The zero-order chi connectivity index (χ0) is 28.9. The highest BCUT2D eigenvalue weighted by Crippen LogP contribution is 2.40. The van der Waals surface area contributed by atoms with Crippen molar-refractivity contribution >= 4 is 23.1 Å². The Balaban J connectivity index is 1.62.